The Morgan fingerprint density at radius 3 is 2.49 bits per heavy atom. The molecule has 2 heterocycles. The molecule has 2 N–H and O–H groups in total. The zero-order chi connectivity index (χ0) is 29.1. The fourth-order valence-corrected chi connectivity index (χ4v) is 5.94. The van der Waals surface area contributed by atoms with Gasteiger partial charge in [0.2, 0.25) is 0 Å². The van der Waals surface area contributed by atoms with Gasteiger partial charge in [0.05, 0.1) is 41.5 Å². The quantitative estimate of drug-likeness (QED) is 0.301. The number of hydrogen-bond acceptors (Lipinski definition) is 7. The van der Waals surface area contributed by atoms with E-state index in [1.807, 2.05) is 11.0 Å². The van der Waals surface area contributed by atoms with E-state index in [1.54, 1.807) is 18.2 Å². The molecule has 0 radical (unpaired) electrons. The van der Waals surface area contributed by atoms with Crippen LogP contribution in [-0.4, -0.2) is 66.1 Å². The number of fused-ring (bicyclic) bond motifs is 1. The second-order valence-electron chi connectivity index (χ2n) is 10.6. The van der Waals surface area contributed by atoms with Crippen LogP contribution in [0.25, 0.3) is 11.0 Å². The number of aliphatic hydroxyl groups excluding tert-OH is 1. The molecular weight excluding hydrogens is 580 g/mol. The highest BCUT2D eigenvalue weighted by atomic mass is 35.5. The average Bonchev–Trinajstić information content (AvgIpc) is 3.26. The van der Waals surface area contributed by atoms with Crippen molar-refractivity contribution in [3.05, 3.63) is 63.3 Å². The van der Waals surface area contributed by atoms with Gasteiger partial charge in [0, 0.05) is 48.3 Å². The maximum absolute atomic E-state index is 13.3. The van der Waals surface area contributed by atoms with Gasteiger partial charge in [0.25, 0.3) is 0 Å². The van der Waals surface area contributed by atoms with Crippen molar-refractivity contribution in [1.82, 2.24) is 9.80 Å². The van der Waals surface area contributed by atoms with Crippen molar-refractivity contribution in [2.24, 2.45) is 0 Å². The first-order chi connectivity index (χ1) is 19.6. The van der Waals surface area contributed by atoms with E-state index < -0.39 is 18.0 Å². The standard InChI is InChI=1S/C29H31Cl2F3N4O3/c30-19-2-8-25-23(13-19)28(31)26(41-25)16-37-9-11-38(12-10-37)27(39)17-40-22-6-4-20(5-7-22)36-21-3-1-18(15-35)24(14-21)29(32,33)34/h1-3,8,13-14,20,22,27,36,39H,4-7,9-12,16-17H2. The molecular formula is C29H31Cl2F3N4O3. The molecule has 220 valence electrons. The second kappa shape index (κ2) is 12.8. The maximum atomic E-state index is 13.3. The van der Waals surface area contributed by atoms with Gasteiger partial charge in [-0.15, -0.1) is 0 Å². The predicted octanol–water partition coefficient (Wildman–Crippen LogP) is 6.51. The number of nitriles is 1. The normalized spacial score (nSPS) is 21.6. The van der Waals surface area contributed by atoms with Gasteiger partial charge >= 0.3 is 6.18 Å². The number of alkyl halides is 3. The molecule has 1 saturated heterocycles. The lowest BCUT2D eigenvalue weighted by atomic mass is 9.92. The lowest BCUT2D eigenvalue weighted by molar-refractivity contribution is -0.137. The zero-order valence-corrected chi connectivity index (χ0v) is 23.8. The Balaban J connectivity index is 1.03. The van der Waals surface area contributed by atoms with E-state index in [2.05, 4.69) is 10.2 Å². The molecule has 7 nitrogen and oxygen atoms in total. The summed E-state index contributed by atoms with van der Waals surface area (Å²) < 4.78 is 51.7. The Hall–Kier alpha value is -2.52. The molecule has 12 heteroatoms. The van der Waals surface area contributed by atoms with Gasteiger partial charge in [-0.05, 0) is 62.1 Å². The fraction of sp³-hybridized carbons (Fsp3) is 0.483. The van der Waals surface area contributed by atoms with Crippen LogP contribution in [-0.2, 0) is 17.5 Å². The van der Waals surface area contributed by atoms with Crippen LogP contribution >= 0.6 is 23.2 Å². The van der Waals surface area contributed by atoms with Gasteiger partial charge in [-0.3, -0.25) is 9.80 Å². The lowest BCUT2D eigenvalue weighted by Gasteiger charge is -2.37. The summed E-state index contributed by atoms with van der Waals surface area (Å²) in [6, 6.07) is 10.7. The molecule has 1 saturated carbocycles. The van der Waals surface area contributed by atoms with Crippen molar-refractivity contribution >= 4 is 39.9 Å². The molecule has 0 amide bonds. The number of nitrogens with one attached hydrogen (secondary N) is 1. The Morgan fingerprint density at radius 1 is 1.07 bits per heavy atom. The first-order valence-corrected chi connectivity index (χ1v) is 14.4. The van der Waals surface area contributed by atoms with E-state index >= 15 is 0 Å². The molecule has 2 aromatic carbocycles. The van der Waals surface area contributed by atoms with Crippen LogP contribution in [0.5, 0.6) is 0 Å². The van der Waals surface area contributed by atoms with E-state index in [4.69, 9.17) is 37.6 Å². The van der Waals surface area contributed by atoms with Crippen LogP contribution in [0.15, 0.2) is 40.8 Å². The van der Waals surface area contributed by atoms with Gasteiger partial charge in [-0.2, -0.15) is 18.4 Å². The summed E-state index contributed by atoms with van der Waals surface area (Å²) in [7, 11) is 0. The van der Waals surface area contributed by atoms with Gasteiger partial charge < -0.3 is 19.6 Å². The molecule has 1 aliphatic carbocycles. The van der Waals surface area contributed by atoms with Crippen molar-refractivity contribution in [3.8, 4) is 6.07 Å². The van der Waals surface area contributed by atoms with Crippen molar-refractivity contribution in [1.29, 1.82) is 5.26 Å². The Labute approximate surface area is 246 Å². The van der Waals surface area contributed by atoms with Crippen LogP contribution < -0.4 is 5.32 Å². The number of furan rings is 1. The number of halogens is 5. The fourth-order valence-electron chi connectivity index (χ4n) is 5.52. The van der Waals surface area contributed by atoms with Crippen LogP contribution in [0.1, 0.15) is 42.6 Å². The van der Waals surface area contributed by atoms with Crippen LogP contribution in [0.4, 0.5) is 18.9 Å². The first-order valence-electron chi connectivity index (χ1n) is 13.6. The van der Waals surface area contributed by atoms with Gasteiger partial charge in [0.15, 0.2) is 0 Å². The van der Waals surface area contributed by atoms with Crippen molar-refractivity contribution in [3.63, 3.8) is 0 Å². The minimum atomic E-state index is -4.58. The number of benzene rings is 2. The Bertz CT molecular complexity index is 1390. The third-order valence-electron chi connectivity index (χ3n) is 7.82. The SMILES string of the molecule is N#Cc1ccc(NC2CCC(OCC(O)N3CCN(Cc4oc5ccc(Cl)cc5c4Cl)CC3)CC2)cc1C(F)(F)F. The van der Waals surface area contributed by atoms with Gasteiger partial charge in [-0.1, -0.05) is 23.2 Å². The molecule has 0 bridgehead atoms. The van der Waals surface area contributed by atoms with E-state index in [1.165, 1.54) is 12.1 Å². The number of anilines is 1. The predicted molar refractivity (Wildman–Crippen MR) is 151 cm³/mol. The molecule has 1 aromatic heterocycles. The maximum Gasteiger partial charge on any atom is 0.417 e. The Morgan fingerprint density at radius 2 is 1.80 bits per heavy atom. The smallest absolute Gasteiger partial charge is 0.417 e. The largest absolute Gasteiger partial charge is 0.458 e. The summed E-state index contributed by atoms with van der Waals surface area (Å²) in [6.45, 7) is 3.61. The number of piperazine rings is 1. The number of hydrogen-bond donors (Lipinski definition) is 2. The summed E-state index contributed by atoms with van der Waals surface area (Å²) in [6.07, 6.45) is -2.37. The third kappa shape index (κ3) is 7.28. The summed E-state index contributed by atoms with van der Waals surface area (Å²) in [5.41, 5.74) is -0.264. The van der Waals surface area contributed by atoms with Crippen LogP contribution in [0, 0.1) is 11.3 Å². The number of aliphatic hydroxyl groups is 1. The summed E-state index contributed by atoms with van der Waals surface area (Å²) in [5, 5.41) is 24.9. The number of ether oxygens (including phenoxy) is 1. The van der Waals surface area contributed by atoms with Crippen molar-refractivity contribution < 1.29 is 27.4 Å². The minimum Gasteiger partial charge on any atom is -0.458 e. The second-order valence-corrected chi connectivity index (χ2v) is 11.4. The highest BCUT2D eigenvalue weighted by Crippen LogP contribution is 2.35. The van der Waals surface area contributed by atoms with E-state index in [9.17, 15) is 18.3 Å². The molecule has 2 fully saturated rings. The van der Waals surface area contributed by atoms with E-state index in [0.717, 1.165) is 50.2 Å². The molecule has 1 aliphatic heterocycles. The number of rotatable bonds is 8. The summed E-state index contributed by atoms with van der Waals surface area (Å²) in [4.78, 5) is 4.22. The first kappa shape index (κ1) is 30.0. The lowest BCUT2D eigenvalue weighted by Crippen LogP contribution is -2.51. The molecule has 3 aromatic rings. The summed E-state index contributed by atoms with van der Waals surface area (Å²) in [5.74, 6) is 0.700. The van der Waals surface area contributed by atoms with E-state index in [-0.39, 0.29) is 24.3 Å². The minimum absolute atomic E-state index is 0.0131. The highest BCUT2D eigenvalue weighted by molar-refractivity contribution is 6.37. The average molecular weight is 611 g/mol. The van der Waals surface area contributed by atoms with Gasteiger partial charge in [0.1, 0.15) is 17.6 Å². The van der Waals surface area contributed by atoms with Crippen molar-refractivity contribution in [2.45, 2.75) is 56.8 Å². The zero-order valence-electron chi connectivity index (χ0n) is 22.3. The van der Waals surface area contributed by atoms with Crippen molar-refractivity contribution in [2.75, 3.05) is 38.1 Å². The number of nitrogens with zero attached hydrogens (tertiary/aromatic N) is 3. The summed E-state index contributed by atoms with van der Waals surface area (Å²) >= 11 is 12.6. The van der Waals surface area contributed by atoms with Gasteiger partial charge in [-0.25, -0.2) is 0 Å². The molecule has 1 unspecified atom stereocenters. The topological polar surface area (TPSA) is 84.9 Å². The van der Waals surface area contributed by atoms with Crippen LogP contribution in [0.3, 0.4) is 0 Å². The van der Waals surface area contributed by atoms with Crippen LogP contribution in [0.2, 0.25) is 10.0 Å². The highest BCUT2D eigenvalue weighted by Gasteiger charge is 2.34. The Kier molecular flexibility index (Phi) is 9.33. The molecule has 5 rings (SSSR count). The third-order valence-corrected chi connectivity index (χ3v) is 8.47. The molecule has 1 atom stereocenters. The monoisotopic (exact) mass is 610 g/mol. The molecule has 2 aliphatic rings. The molecule has 41 heavy (non-hydrogen) atoms. The molecule has 0 spiro atoms. The van der Waals surface area contributed by atoms with E-state index in [0.29, 0.717) is 46.7 Å².